The number of benzene rings is 4. The standard InChI is InChI=1S/C29H20F4O3/c1-3-16-35-23-14-12-21(25(30)27(23)32)19-8-10-20(11-9-19)29(34)36-24-15-13-22(26(31)28(24)33)18-6-4-17(2)5-7-18/h3-15H,1,16H2,2H3. The van der Waals surface area contributed by atoms with Gasteiger partial charge in [0.25, 0.3) is 0 Å². The summed E-state index contributed by atoms with van der Waals surface area (Å²) in [4.78, 5) is 12.5. The second kappa shape index (κ2) is 10.5. The van der Waals surface area contributed by atoms with Gasteiger partial charge in [0, 0.05) is 11.1 Å². The number of rotatable bonds is 7. The smallest absolute Gasteiger partial charge is 0.343 e. The minimum atomic E-state index is -1.30. The minimum Gasteiger partial charge on any atom is -0.486 e. The first kappa shape index (κ1) is 24.7. The van der Waals surface area contributed by atoms with Gasteiger partial charge in [-0.05, 0) is 54.4 Å². The van der Waals surface area contributed by atoms with Crippen LogP contribution < -0.4 is 9.47 Å². The van der Waals surface area contributed by atoms with Crippen LogP contribution in [0.15, 0.2) is 85.5 Å². The molecule has 0 amide bonds. The van der Waals surface area contributed by atoms with Crippen LogP contribution in [0.25, 0.3) is 22.3 Å². The quantitative estimate of drug-likeness (QED) is 0.115. The van der Waals surface area contributed by atoms with Crippen LogP contribution in [0.3, 0.4) is 0 Å². The Morgan fingerprint density at radius 2 is 1.22 bits per heavy atom. The molecule has 4 rings (SSSR count). The molecule has 0 radical (unpaired) electrons. The Balaban J connectivity index is 1.52. The summed E-state index contributed by atoms with van der Waals surface area (Å²) >= 11 is 0. The van der Waals surface area contributed by atoms with Crippen LogP contribution in [0.5, 0.6) is 11.5 Å². The molecule has 3 nitrogen and oxygen atoms in total. The van der Waals surface area contributed by atoms with Crippen LogP contribution in [0, 0.1) is 30.2 Å². The van der Waals surface area contributed by atoms with Crippen molar-refractivity contribution in [2.75, 3.05) is 6.61 Å². The van der Waals surface area contributed by atoms with Crippen molar-refractivity contribution in [3.63, 3.8) is 0 Å². The third-order valence-electron chi connectivity index (χ3n) is 5.45. The minimum absolute atomic E-state index is 0.00739. The van der Waals surface area contributed by atoms with Crippen LogP contribution in [0.1, 0.15) is 15.9 Å². The van der Waals surface area contributed by atoms with Gasteiger partial charge in [0.15, 0.2) is 23.1 Å². The molecule has 4 aromatic rings. The second-order valence-electron chi connectivity index (χ2n) is 7.91. The molecule has 0 saturated carbocycles. The van der Waals surface area contributed by atoms with Gasteiger partial charge in [-0.2, -0.15) is 8.78 Å². The Hall–Kier alpha value is -4.39. The van der Waals surface area contributed by atoms with Crippen LogP contribution in [-0.2, 0) is 0 Å². The van der Waals surface area contributed by atoms with Gasteiger partial charge in [0.1, 0.15) is 6.61 Å². The van der Waals surface area contributed by atoms with Gasteiger partial charge in [-0.3, -0.25) is 0 Å². The largest absolute Gasteiger partial charge is 0.486 e. The van der Waals surface area contributed by atoms with Crippen LogP contribution in [0.4, 0.5) is 17.6 Å². The Labute approximate surface area is 205 Å². The maximum Gasteiger partial charge on any atom is 0.343 e. The average Bonchev–Trinajstić information content (AvgIpc) is 2.88. The summed E-state index contributed by atoms with van der Waals surface area (Å²) in [6.07, 6.45) is 1.40. The van der Waals surface area contributed by atoms with Crippen LogP contribution >= 0.6 is 0 Å². The number of carbonyl (C=O) groups is 1. The maximum atomic E-state index is 14.7. The zero-order chi connectivity index (χ0) is 25.8. The van der Waals surface area contributed by atoms with E-state index in [2.05, 4.69) is 6.58 Å². The van der Waals surface area contributed by atoms with Crippen molar-refractivity contribution in [2.24, 2.45) is 0 Å². The lowest BCUT2D eigenvalue weighted by Crippen LogP contribution is -2.10. The summed E-state index contributed by atoms with van der Waals surface area (Å²) in [6.45, 7) is 5.35. The molecule has 36 heavy (non-hydrogen) atoms. The Bertz CT molecular complexity index is 1430. The van der Waals surface area contributed by atoms with E-state index < -0.39 is 35.0 Å². The van der Waals surface area contributed by atoms with E-state index in [1.165, 1.54) is 54.6 Å². The van der Waals surface area contributed by atoms with E-state index in [4.69, 9.17) is 9.47 Å². The molecule has 0 heterocycles. The van der Waals surface area contributed by atoms with E-state index in [1.54, 1.807) is 24.3 Å². The normalized spacial score (nSPS) is 10.7. The highest BCUT2D eigenvalue weighted by Gasteiger charge is 2.20. The maximum absolute atomic E-state index is 14.7. The molecular formula is C29H20F4O3. The molecule has 182 valence electrons. The molecule has 7 heteroatoms. The topological polar surface area (TPSA) is 35.5 Å². The van der Waals surface area contributed by atoms with Crippen molar-refractivity contribution in [3.8, 4) is 33.8 Å². The van der Waals surface area contributed by atoms with E-state index in [0.29, 0.717) is 5.56 Å². The van der Waals surface area contributed by atoms with Crippen molar-refractivity contribution >= 4 is 5.97 Å². The highest BCUT2D eigenvalue weighted by atomic mass is 19.2. The zero-order valence-corrected chi connectivity index (χ0v) is 19.2. The molecule has 0 bridgehead atoms. The molecule has 0 saturated heterocycles. The lowest BCUT2D eigenvalue weighted by Gasteiger charge is -2.11. The van der Waals surface area contributed by atoms with Crippen molar-refractivity contribution in [1.82, 2.24) is 0 Å². The SMILES string of the molecule is C=CCOc1ccc(-c2ccc(C(=O)Oc3ccc(-c4ccc(C)cc4)c(F)c3F)cc2)c(F)c1F. The Kier molecular flexibility index (Phi) is 7.20. The molecule has 0 fully saturated rings. The Morgan fingerprint density at radius 1 is 0.722 bits per heavy atom. The summed E-state index contributed by atoms with van der Waals surface area (Å²) in [7, 11) is 0. The summed E-state index contributed by atoms with van der Waals surface area (Å²) < 4.78 is 68.2. The summed E-state index contributed by atoms with van der Waals surface area (Å²) in [6, 6.07) is 17.4. The van der Waals surface area contributed by atoms with Crippen molar-refractivity contribution < 1.29 is 31.8 Å². The fourth-order valence-electron chi connectivity index (χ4n) is 3.53. The van der Waals surface area contributed by atoms with Crippen LogP contribution in [0.2, 0.25) is 0 Å². The average molecular weight is 492 g/mol. The summed E-state index contributed by atoms with van der Waals surface area (Å²) in [5.74, 6) is -6.46. The number of carbonyl (C=O) groups excluding carboxylic acids is 1. The number of esters is 1. The van der Waals surface area contributed by atoms with Crippen molar-refractivity contribution in [3.05, 3.63) is 120 Å². The highest BCUT2D eigenvalue weighted by molar-refractivity contribution is 5.91. The van der Waals surface area contributed by atoms with Crippen LogP contribution in [-0.4, -0.2) is 12.6 Å². The van der Waals surface area contributed by atoms with E-state index in [1.807, 2.05) is 6.92 Å². The monoisotopic (exact) mass is 492 g/mol. The molecule has 0 aliphatic heterocycles. The highest BCUT2D eigenvalue weighted by Crippen LogP contribution is 2.32. The van der Waals surface area contributed by atoms with E-state index in [0.717, 1.165) is 5.56 Å². The zero-order valence-electron chi connectivity index (χ0n) is 19.2. The van der Waals surface area contributed by atoms with Gasteiger partial charge >= 0.3 is 5.97 Å². The number of hydrogen-bond donors (Lipinski definition) is 0. The Morgan fingerprint density at radius 3 is 1.78 bits per heavy atom. The lowest BCUT2D eigenvalue weighted by molar-refractivity contribution is 0.0727. The molecule has 0 atom stereocenters. The molecule has 0 aliphatic rings. The second-order valence-corrected chi connectivity index (χ2v) is 7.91. The predicted molar refractivity (Wildman–Crippen MR) is 129 cm³/mol. The number of aryl methyl sites for hydroxylation is 1. The van der Waals surface area contributed by atoms with E-state index in [9.17, 15) is 22.4 Å². The van der Waals surface area contributed by atoms with Gasteiger partial charge in [0.05, 0.1) is 5.56 Å². The summed E-state index contributed by atoms with van der Waals surface area (Å²) in [5.41, 5.74) is 1.74. The molecule has 0 N–H and O–H groups in total. The third kappa shape index (κ3) is 5.00. The first-order valence-electron chi connectivity index (χ1n) is 10.9. The lowest BCUT2D eigenvalue weighted by atomic mass is 10.0. The molecular weight excluding hydrogens is 472 g/mol. The molecule has 0 aliphatic carbocycles. The third-order valence-corrected chi connectivity index (χ3v) is 5.45. The first-order chi connectivity index (χ1) is 17.3. The fourth-order valence-corrected chi connectivity index (χ4v) is 3.53. The van der Waals surface area contributed by atoms with Gasteiger partial charge in [-0.1, -0.05) is 54.6 Å². The summed E-state index contributed by atoms with van der Waals surface area (Å²) in [5, 5.41) is 0. The fraction of sp³-hybridized carbons (Fsp3) is 0.0690. The van der Waals surface area contributed by atoms with Gasteiger partial charge in [-0.15, -0.1) is 0 Å². The van der Waals surface area contributed by atoms with Gasteiger partial charge in [-0.25, -0.2) is 13.6 Å². The number of ether oxygens (including phenoxy) is 2. The molecule has 4 aromatic carbocycles. The molecule has 0 aromatic heterocycles. The van der Waals surface area contributed by atoms with Gasteiger partial charge < -0.3 is 9.47 Å². The van der Waals surface area contributed by atoms with E-state index >= 15 is 0 Å². The number of halogens is 4. The predicted octanol–water partition coefficient (Wildman–Crippen LogP) is 7.67. The van der Waals surface area contributed by atoms with Crippen molar-refractivity contribution in [2.45, 2.75) is 6.92 Å². The number of hydrogen-bond acceptors (Lipinski definition) is 3. The van der Waals surface area contributed by atoms with E-state index in [-0.39, 0.29) is 34.6 Å². The molecule has 0 unspecified atom stereocenters. The van der Waals surface area contributed by atoms with Gasteiger partial charge in [0.2, 0.25) is 11.6 Å². The van der Waals surface area contributed by atoms with Crippen molar-refractivity contribution in [1.29, 1.82) is 0 Å². The first-order valence-corrected chi connectivity index (χ1v) is 10.9. The molecule has 0 spiro atoms.